The summed E-state index contributed by atoms with van der Waals surface area (Å²) in [6.07, 6.45) is 0. The van der Waals surface area contributed by atoms with Gasteiger partial charge in [-0.2, -0.15) is 0 Å². The third kappa shape index (κ3) is 3.47. The van der Waals surface area contributed by atoms with Crippen molar-refractivity contribution < 1.29 is 0 Å². The van der Waals surface area contributed by atoms with Gasteiger partial charge >= 0.3 is 0 Å². The monoisotopic (exact) mass is 337 g/mol. The molecule has 2 atom stereocenters. The molecule has 0 bridgehead atoms. The van der Waals surface area contributed by atoms with Crippen LogP contribution in [-0.4, -0.2) is 6.54 Å². The molecule has 102 valence electrons. The van der Waals surface area contributed by atoms with E-state index in [2.05, 4.69) is 78.4 Å². The van der Waals surface area contributed by atoms with Crippen LogP contribution < -0.4 is 5.32 Å². The van der Waals surface area contributed by atoms with Crippen LogP contribution in [0.1, 0.15) is 41.1 Å². The number of halogens is 1. The lowest BCUT2D eigenvalue weighted by Crippen LogP contribution is -2.25. The molecule has 0 spiro atoms. The Balaban J connectivity index is 2.32. The van der Waals surface area contributed by atoms with E-state index in [1.54, 1.807) is 0 Å². The van der Waals surface area contributed by atoms with Crippen molar-refractivity contribution >= 4 is 27.3 Å². The first-order valence-corrected chi connectivity index (χ1v) is 8.28. The van der Waals surface area contributed by atoms with Gasteiger partial charge in [-0.05, 0) is 41.0 Å². The lowest BCUT2D eigenvalue weighted by atomic mass is 9.92. The van der Waals surface area contributed by atoms with E-state index in [0.717, 1.165) is 6.54 Å². The van der Waals surface area contributed by atoms with Crippen LogP contribution in [0.4, 0.5) is 0 Å². The molecule has 0 aliphatic heterocycles. The van der Waals surface area contributed by atoms with Gasteiger partial charge in [0, 0.05) is 26.2 Å². The maximum absolute atomic E-state index is 3.70. The lowest BCUT2D eigenvalue weighted by molar-refractivity contribution is 0.485. The summed E-state index contributed by atoms with van der Waals surface area (Å²) in [7, 11) is 0. The normalized spacial score (nSPS) is 14.3. The Morgan fingerprint density at radius 2 is 1.95 bits per heavy atom. The van der Waals surface area contributed by atoms with E-state index in [-0.39, 0.29) is 0 Å². The molecule has 2 unspecified atom stereocenters. The maximum Gasteiger partial charge on any atom is 0.0493 e. The van der Waals surface area contributed by atoms with Gasteiger partial charge in [0.25, 0.3) is 0 Å². The molecule has 1 nitrogen and oxygen atoms in total. The maximum atomic E-state index is 3.70. The van der Waals surface area contributed by atoms with Crippen LogP contribution in [0.3, 0.4) is 0 Å². The van der Waals surface area contributed by atoms with Crippen molar-refractivity contribution in [1.29, 1.82) is 0 Å². The van der Waals surface area contributed by atoms with Crippen LogP contribution in [0.2, 0.25) is 0 Å². The Hall–Kier alpha value is -0.640. The molecule has 1 N–H and O–H groups in total. The summed E-state index contributed by atoms with van der Waals surface area (Å²) in [5.74, 6) is 0.454. The van der Waals surface area contributed by atoms with Gasteiger partial charge in [-0.15, -0.1) is 11.3 Å². The molecule has 1 aromatic heterocycles. The summed E-state index contributed by atoms with van der Waals surface area (Å²) < 4.78 is 1.23. The number of hydrogen-bond acceptors (Lipinski definition) is 2. The average molecular weight is 338 g/mol. The molecule has 0 fully saturated rings. The largest absolute Gasteiger partial charge is 0.309 e. The van der Waals surface area contributed by atoms with Gasteiger partial charge in [-0.25, -0.2) is 0 Å². The highest BCUT2D eigenvalue weighted by atomic mass is 79.9. The van der Waals surface area contributed by atoms with Crippen molar-refractivity contribution in [2.24, 2.45) is 0 Å². The second-order valence-corrected chi connectivity index (χ2v) is 6.95. The van der Waals surface area contributed by atoms with Gasteiger partial charge in [0.15, 0.2) is 0 Å². The van der Waals surface area contributed by atoms with Crippen molar-refractivity contribution in [3.63, 3.8) is 0 Å². The summed E-state index contributed by atoms with van der Waals surface area (Å²) >= 11 is 5.58. The quantitative estimate of drug-likeness (QED) is 0.783. The Morgan fingerprint density at radius 3 is 2.47 bits per heavy atom. The third-order valence-corrected chi connectivity index (χ3v) is 5.42. The molecular formula is C16H20BrNS. The molecule has 19 heavy (non-hydrogen) atoms. The predicted molar refractivity (Wildman–Crippen MR) is 88.0 cm³/mol. The summed E-state index contributed by atoms with van der Waals surface area (Å²) in [6.45, 7) is 7.60. The zero-order valence-corrected chi connectivity index (χ0v) is 14.0. The van der Waals surface area contributed by atoms with Gasteiger partial charge in [0.05, 0.1) is 0 Å². The highest BCUT2D eigenvalue weighted by Gasteiger charge is 2.23. The first kappa shape index (κ1) is 14.8. The smallest absolute Gasteiger partial charge is 0.0493 e. The topological polar surface area (TPSA) is 12.0 Å². The molecular weight excluding hydrogens is 318 g/mol. The summed E-state index contributed by atoms with van der Waals surface area (Å²) in [5.41, 5.74) is 1.38. The number of aryl methyl sites for hydroxylation is 1. The van der Waals surface area contributed by atoms with Gasteiger partial charge < -0.3 is 5.32 Å². The minimum absolute atomic E-state index is 0.362. The molecule has 2 rings (SSSR count). The fourth-order valence-electron chi connectivity index (χ4n) is 2.38. The summed E-state index contributed by atoms with van der Waals surface area (Å²) in [5, 5.41) is 3.63. The number of thiophene rings is 1. The number of likely N-dealkylation sites (N-methyl/N-ethyl adjacent to an activating group) is 1. The highest BCUT2D eigenvalue weighted by molar-refractivity contribution is 9.10. The zero-order chi connectivity index (χ0) is 13.8. The molecule has 0 saturated heterocycles. The highest BCUT2D eigenvalue weighted by Crippen LogP contribution is 2.39. The Bertz CT molecular complexity index is 521. The van der Waals surface area contributed by atoms with Crippen LogP contribution in [-0.2, 0) is 0 Å². The molecule has 0 amide bonds. The first-order valence-electron chi connectivity index (χ1n) is 6.67. The van der Waals surface area contributed by atoms with Crippen LogP contribution >= 0.6 is 27.3 Å². The second-order valence-electron chi connectivity index (χ2n) is 4.80. The van der Waals surface area contributed by atoms with Crippen molar-refractivity contribution in [1.82, 2.24) is 5.32 Å². The number of hydrogen-bond donors (Lipinski definition) is 1. The zero-order valence-electron chi connectivity index (χ0n) is 11.6. The SMILES string of the molecule is CCNC(c1sc(C)cc1Br)C(C)c1ccccc1. The van der Waals surface area contributed by atoms with Crippen LogP contribution in [0.25, 0.3) is 0 Å². The minimum atomic E-state index is 0.362. The summed E-state index contributed by atoms with van der Waals surface area (Å²) in [6, 6.07) is 13.3. The third-order valence-electron chi connectivity index (χ3n) is 3.37. The van der Waals surface area contributed by atoms with E-state index in [9.17, 15) is 0 Å². The fourth-order valence-corrected chi connectivity index (χ4v) is 4.46. The van der Waals surface area contributed by atoms with E-state index in [1.807, 2.05) is 11.3 Å². The predicted octanol–water partition coefficient (Wildman–Crippen LogP) is 5.27. The lowest BCUT2D eigenvalue weighted by Gasteiger charge is -2.25. The van der Waals surface area contributed by atoms with E-state index in [1.165, 1.54) is 19.8 Å². The van der Waals surface area contributed by atoms with E-state index < -0.39 is 0 Å². The molecule has 0 aliphatic carbocycles. The number of rotatable bonds is 5. The van der Waals surface area contributed by atoms with Crippen molar-refractivity contribution in [3.8, 4) is 0 Å². The number of benzene rings is 1. The van der Waals surface area contributed by atoms with Crippen LogP contribution in [0.5, 0.6) is 0 Å². The Morgan fingerprint density at radius 1 is 1.26 bits per heavy atom. The van der Waals surface area contributed by atoms with Gasteiger partial charge in [0.2, 0.25) is 0 Å². The Labute approximate surface area is 128 Å². The van der Waals surface area contributed by atoms with E-state index >= 15 is 0 Å². The fraction of sp³-hybridized carbons (Fsp3) is 0.375. The van der Waals surface area contributed by atoms with E-state index in [4.69, 9.17) is 0 Å². The second kappa shape index (κ2) is 6.69. The van der Waals surface area contributed by atoms with Crippen LogP contribution in [0, 0.1) is 6.92 Å². The minimum Gasteiger partial charge on any atom is -0.309 e. The first-order chi connectivity index (χ1) is 9.13. The molecule has 0 radical (unpaired) electrons. The van der Waals surface area contributed by atoms with Gasteiger partial charge in [-0.1, -0.05) is 44.2 Å². The molecule has 0 aliphatic rings. The number of nitrogens with one attached hydrogen (secondary N) is 1. The van der Waals surface area contributed by atoms with Crippen molar-refractivity contribution in [3.05, 3.63) is 56.2 Å². The average Bonchev–Trinajstić information content (AvgIpc) is 2.75. The summed E-state index contributed by atoms with van der Waals surface area (Å²) in [4.78, 5) is 2.75. The molecule has 0 saturated carbocycles. The van der Waals surface area contributed by atoms with Crippen LogP contribution in [0.15, 0.2) is 40.9 Å². The van der Waals surface area contributed by atoms with E-state index in [0.29, 0.717) is 12.0 Å². The van der Waals surface area contributed by atoms with Gasteiger partial charge in [-0.3, -0.25) is 0 Å². The van der Waals surface area contributed by atoms with Crippen molar-refractivity contribution in [2.75, 3.05) is 6.54 Å². The molecule has 1 heterocycles. The standard InChI is InChI=1S/C16H20BrNS/c1-4-18-15(16-14(17)10-11(2)19-16)12(3)13-8-6-5-7-9-13/h5-10,12,15,18H,4H2,1-3H3. The Kier molecular flexibility index (Phi) is 5.20. The van der Waals surface area contributed by atoms with Crippen molar-refractivity contribution in [2.45, 2.75) is 32.7 Å². The van der Waals surface area contributed by atoms with Gasteiger partial charge in [0.1, 0.15) is 0 Å². The molecule has 3 heteroatoms. The molecule has 1 aromatic carbocycles. The molecule has 2 aromatic rings.